The fourth-order valence-corrected chi connectivity index (χ4v) is 2.66. The highest BCUT2D eigenvalue weighted by atomic mass is 19.1. The van der Waals surface area contributed by atoms with E-state index in [4.69, 9.17) is 9.47 Å². The number of ether oxygens (including phenoxy) is 2. The lowest BCUT2D eigenvalue weighted by atomic mass is 10.0. The number of nitrogens with zero attached hydrogens (tertiary/aromatic N) is 1. The van der Waals surface area contributed by atoms with E-state index in [0.29, 0.717) is 12.1 Å². The summed E-state index contributed by atoms with van der Waals surface area (Å²) in [6.07, 6.45) is 0.153. The van der Waals surface area contributed by atoms with Crippen molar-refractivity contribution in [3.8, 4) is 5.75 Å². The van der Waals surface area contributed by atoms with Gasteiger partial charge in [0.05, 0.1) is 26.7 Å². The number of rotatable bonds is 6. The van der Waals surface area contributed by atoms with Gasteiger partial charge in [0.2, 0.25) is 5.91 Å². The van der Waals surface area contributed by atoms with E-state index in [9.17, 15) is 9.18 Å². The molecule has 1 heterocycles. The summed E-state index contributed by atoms with van der Waals surface area (Å²) in [5, 5.41) is 2.94. The van der Waals surface area contributed by atoms with E-state index in [1.54, 1.807) is 6.07 Å². The van der Waals surface area contributed by atoms with Crippen molar-refractivity contribution in [1.82, 2.24) is 10.2 Å². The van der Waals surface area contributed by atoms with Crippen molar-refractivity contribution >= 4 is 5.91 Å². The maximum absolute atomic E-state index is 13.6. The lowest BCUT2D eigenvalue weighted by Crippen LogP contribution is -2.55. The van der Waals surface area contributed by atoms with Gasteiger partial charge >= 0.3 is 0 Å². The van der Waals surface area contributed by atoms with Gasteiger partial charge in [-0.25, -0.2) is 4.39 Å². The second-order valence-corrected chi connectivity index (χ2v) is 6.33. The molecule has 1 aromatic carbocycles. The molecule has 0 atom stereocenters. The molecule has 0 saturated carbocycles. The molecule has 0 aromatic heterocycles. The highest BCUT2D eigenvalue weighted by molar-refractivity contribution is 5.78. The molecule has 1 fully saturated rings. The Balaban J connectivity index is 1.85. The third kappa shape index (κ3) is 4.91. The minimum atomic E-state index is -0.452. The number of hydrogen-bond acceptors (Lipinski definition) is 4. The van der Waals surface area contributed by atoms with Crippen molar-refractivity contribution in [3.05, 3.63) is 29.6 Å². The Bertz CT molecular complexity index is 543. The van der Waals surface area contributed by atoms with Crippen molar-refractivity contribution in [1.29, 1.82) is 0 Å². The highest BCUT2D eigenvalue weighted by Crippen LogP contribution is 2.18. The zero-order chi connectivity index (χ0) is 16.9. The Labute approximate surface area is 136 Å². The molecule has 0 aliphatic carbocycles. The van der Waals surface area contributed by atoms with Crippen LogP contribution in [0.5, 0.6) is 5.75 Å². The second-order valence-electron chi connectivity index (χ2n) is 6.33. The van der Waals surface area contributed by atoms with Gasteiger partial charge in [-0.05, 0) is 31.5 Å². The first-order chi connectivity index (χ1) is 10.9. The predicted molar refractivity (Wildman–Crippen MR) is 86.1 cm³/mol. The Kier molecular flexibility index (Phi) is 5.96. The van der Waals surface area contributed by atoms with Crippen LogP contribution in [0.25, 0.3) is 0 Å². The molecule has 1 aliphatic rings. The van der Waals surface area contributed by atoms with Crippen LogP contribution in [0.15, 0.2) is 18.2 Å². The maximum Gasteiger partial charge on any atom is 0.224 e. The number of nitrogens with one attached hydrogen (secondary N) is 1. The largest absolute Gasteiger partial charge is 0.494 e. The van der Waals surface area contributed by atoms with Gasteiger partial charge in [-0.1, -0.05) is 6.07 Å². The van der Waals surface area contributed by atoms with Gasteiger partial charge in [0.25, 0.3) is 0 Å². The number of carbonyl (C=O) groups is 1. The Morgan fingerprint density at radius 3 is 2.70 bits per heavy atom. The van der Waals surface area contributed by atoms with E-state index in [-0.39, 0.29) is 23.6 Å². The van der Waals surface area contributed by atoms with Crippen LogP contribution in [0.4, 0.5) is 4.39 Å². The molecule has 0 unspecified atom stereocenters. The first-order valence-corrected chi connectivity index (χ1v) is 7.84. The van der Waals surface area contributed by atoms with E-state index in [2.05, 4.69) is 24.1 Å². The first-order valence-electron chi connectivity index (χ1n) is 7.84. The smallest absolute Gasteiger partial charge is 0.224 e. The fraction of sp³-hybridized carbons (Fsp3) is 0.588. The molecule has 1 aromatic rings. The van der Waals surface area contributed by atoms with Crippen molar-refractivity contribution in [2.24, 2.45) is 0 Å². The van der Waals surface area contributed by atoms with E-state index in [1.165, 1.54) is 19.2 Å². The molecule has 0 spiro atoms. The quantitative estimate of drug-likeness (QED) is 0.864. The monoisotopic (exact) mass is 324 g/mol. The van der Waals surface area contributed by atoms with E-state index >= 15 is 0 Å². The van der Waals surface area contributed by atoms with Crippen LogP contribution in [0.3, 0.4) is 0 Å². The molecule has 0 bridgehead atoms. The summed E-state index contributed by atoms with van der Waals surface area (Å²) in [6, 6.07) is 4.58. The van der Waals surface area contributed by atoms with Gasteiger partial charge in [-0.15, -0.1) is 0 Å². The number of halogens is 1. The minimum absolute atomic E-state index is 0.115. The Morgan fingerprint density at radius 1 is 1.39 bits per heavy atom. The van der Waals surface area contributed by atoms with Gasteiger partial charge in [0.15, 0.2) is 11.6 Å². The SMILES string of the molecule is COc1ccc(CC(=O)NCC(C)(C)N2CCOCC2)cc1F. The summed E-state index contributed by atoms with van der Waals surface area (Å²) in [4.78, 5) is 14.4. The summed E-state index contributed by atoms with van der Waals surface area (Å²) >= 11 is 0. The molecule has 2 rings (SSSR count). The summed E-state index contributed by atoms with van der Waals surface area (Å²) in [7, 11) is 1.42. The number of carbonyl (C=O) groups excluding carboxylic acids is 1. The molecule has 1 amide bonds. The van der Waals surface area contributed by atoms with Crippen LogP contribution in [-0.4, -0.2) is 56.3 Å². The van der Waals surface area contributed by atoms with Crippen LogP contribution in [0.1, 0.15) is 19.4 Å². The third-order valence-electron chi connectivity index (χ3n) is 4.17. The number of benzene rings is 1. The average Bonchev–Trinajstić information content (AvgIpc) is 2.54. The van der Waals surface area contributed by atoms with Crippen molar-refractivity contribution in [2.75, 3.05) is 40.0 Å². The molecule has 0 radical (unpaired) electrons. The second kappa shape index (κ2) is 7.75. The summed E-state index contributed by atoms with van der Waals surface area (Å²) < 4.78 is 23.9. The van der Waals surface area contributed by atoms with Gasteiger partial charge in [0.1, 0.15) is 0 Å². The molecule has 1 aliphatic heterocycles. The summed E-state index contributed by atoms with van der Waals surface area (Å²) in [6.45, 7) is 7.94. The molecule has 23 heavy (non-hydrogen) atoms. The first kappa shape index (κ1) is 17.7. The summed E-state index contributed by atoms with van der Waals surface area (Å²) in [5.74, 6) is -0.384. The number of methoxy groups -OCH3 is 1. The van der Waals surface area contributed by atoms with Crippen molar-refractivity contribution in [2.45, 2.75) is 25.8 Å². The van der Waals surface area contributed by atoms with Gasteiger partial charge in [0, 0.05) is 25.2 Å². The van der Waals surface area contributed by atoms with Gasteiger partial charge in [-0.3, -0.25) is 9.69 Å². The van der Waals surface area contributed by atoms with Crippen molar-refractivity contribution in [3.63, 3.8) is 0 Å². The fourth-order valence-electron chi connectivity index (χ4n) is 2.66. The van der Waals surface area contributed by atoms with Gasteiger partial charge < -0.3 is 14.8 Å². The number of amides is 1. The molecule has 6 heteroatoms. The van der Waals surface area contributed by atoms with Gasteiger partial charge in [-0.2, -0.15) is 0 Å². The van der Waals surface area contributed by atoms with Crippen LogP contribution in [0, 0.1) is 5.82 Å². The third-order valence-corrected chi connectivity index (χ3v) is 4.17. The zero-order valence-electron chi connectivity index (χ0n) is 14.0. The minimum Gasteiger partial charge on any atom is -0.494 e. The standard InChI is InChI=1S/C17H25FN2O3/c1-17(2,20-6-8-23-9-7-20)12-19-16(21)11-13-4-5-15(22-3)14(18)10-13/h4-5,10H,6-9,11-12H2,1-3H3,(H,19,21). The van der Waals surface area contributed by atoms with E-state index in [0.717, 1.165) is 26.3 Å². The lowest BCUT2D eigenvalue weighted by molar-refractivity contribution is -0.121. The molecule has 1 N–H and O–H groups in total. The van der Waals surface area contributed by atoms with Crippen LogP contribution >= 0.6 is 0 Å². The van der Waals surface area contributed by atoms with Crippen LogP contribution in [0.2, 0.25) is 0 Å². The zero-order valence-corrected chi connectivity index (χ0v) is 14.0. The lowest BCUT2D eigenvalue weighted by Gasteiger charge is -2.40. The topological polar surface area (TPSA) is 50.8 Å². The molecule has 1 saturated heterocycles. The molecule has 5 nitrogen and oxygen atoms in total. The van der Waals surface area contributed by atoms with E-state index < -0.39 is 5.82 Å². The van der Waals surface area contributed by atoms with Crippen LogP contribution < -0.4 is 10.1 Å². The highest BCUT2D eigenvalue weighted by Gasteiger charge is 2.28. The summed E-state index contributed by atoms with van der Waals surface area (Å²) in [5.41, 5.74) is 0.495. The predicted octanol–water partition coefficient (Wildman–Crippen LogP) is 1.60. The normalized spacial score (nSPS) is 16.2. The maximum atomic E-state index is 13.6. The average molecular weight is 324 g/mol. The Hall–Kier alpha value is -1.66. The molecule has 128 valence electrons. The molecular weight excluding hydrogens is 299 g/mol. The number of hydrogen-bond donors (Lipinski definition) is 1. The molecular formula is C17H25FN2O3. The Morgan fingerprint density at radius 2 is 2.09 bits per heavy atom. The number of morpholine rings is 1. The van der Waals surface area contributed by atoms with E-state index in [1.807, 2.05) is 0 Å². The van der Waals surface area contributed by atoms with Crippen molar-refractivity contribution < 1.29 is 18.7 Å². The van der Waals surface area contributed by atoms with Crippen LogP contribution in [-0.2, 0) is 16.0 Å².